The monoisotopic (exact) mass is 371 g/mol. The Bertz CT molecular complexity index is 861. The van der Waals surface area contributed by atoms with Gasteiger partial charge >= 0.3 is 0 Å². The van der Waals surface area contributed by atoms with Crippen LogP contribution in [0.25, 0.3) is 0 Å². The second-order valence-corrected chi connectivity index (χ2v) is 6.73. The number of rotatable bonds is 3. The minimum atomic E-state index is -0.303. The van der Waals surface area contributed by atoms with E-state index in [0.29, 0.717) is 21.4 Å². The summed E-state index contributed by atoms with van der Waals surface area (Å²) in [5.41, 5.74) is 4.15. The Hall–Kier alpha value is -2.37. The van der Waals surface area contributed by atoms with Gasteiger partial charge in [-0.3, -0.25) is 4.79 Å². The third-order valence-corrected chi connectivity index (χ3v) is 4.59. The maximum Gasteiger partial charge on any atom is 0.255 e. The number of thiocarbonyl (C=S) groups is 1. The van der Waals surface area contributed by atoms with Gasteiger partial charge in [0, 0.05) is 16.4 Å². The summed E-state index contributed by atoms with van der Waals surface area (Å²) in [6.45, 7) is 3.88. The zero-order valence-electron chi connectivity index (χ0n) is 13.9. The molecular formula is C19H18ClN3OS. The number of benzene rings is 2. The summed E-state index contributed by atoms with van der Waals surface area (Å²) in [7, 11) is 0. The number of hydrogen-bond acceptors (Lipinski definition) is 2. The zero-order chi connectivity index (χ0) is 18.0. The van der Waals surface area contributed by atoms with Gasteiger partial charge in [0.25, 0.3) is 5.91 Å². The lowest BCUT2D eigenvalue weighted by Crippen LogP contribution is -2.46. The van der Waals surface area contributed by atoms with Crippen LogP contribution in [-0.2, 0) is 4.79 Å². The van der Waals surface area contributed by atoms with Crippen molar-refractivity contribution in [2.24, 2.45) is 0 Å². The van der Waals surface area contributed by atoms with Crippen LogP contribution in [0.4, 0.5) is 5.69 Å². The molecule has 0 radical (unpaired) electrons. The molecule has 0 fully saturated rings. The van der Waals surface area contributed by atoms with Crippen molar-refractivity contribution < 1.29 is 4.79 Å². The molecular weight excluding hydrogens is 354 g/mol. The van der Waals surface area contributed by atoms with E-state index < -0.39 is 0 Å². The van der Waals surface area contributed by atoms with Crippen LogP contribution in [0.1, 0.15) is 24.1 Å². The van der Waals surface area contributed by atoms with Crippen molar-refractivity contribution in [1.29, 1.82) is 0 Å². The highest BCUT2D eigenvalue weighted by Crippen LogP contribution is 2.29. The minimum absolute atomic E-state index is 0.185. The van der Waals surface area contributed by atoms with E-state index in [0.717, 1.165) is 16.8 Å². The van der Waals surface area contributed by atoms with Crippen molar-refractivity contribution >= 4 is 40.5 Å². The molecule has 0 unspecified atom stereocenters. The molecule has 2 aromatic carbocycles. The summed E-state index contributed by atoms with van der Waals surface area (Å²) in [5.74, 6) is -0.185. The van der Waals surface area contributed by atoms with Gasteiger partial charge in [-0.15, -0.1) is 0 Å². The SMILES string of the molecule is CC1=C(C(=O)Nc2ccc(Cl)cc2)[C@@H](c2ccccc2C)NC(=S)N1. The molecule has 6 heteroatoms. The average Bonchev–Trinajstić information content (AvgIpc) is 2.56. The topological polar surface area (TPSA) is 53.2 Å². The maximum atomic E-state index is 12.9. The van der Waals surface area contributed by atoms with Gasteiger partial charge in [-0.1, -0.05) is 35.9 Å². The van der Waals surface area contributed by atoms with E-state index in [2.05, 4.69) is 16.0 Å². The van der Waals surface area contributed by atoms with Gasteiger partial charge in [0.2, 0.25) is 0 Å². The van der Waals surface area contributed by atoms with Crippen LogP contribution in [-0.4, -0.2) is 11.0 Å². The number of carbonyl (C=O) groups is 1. The summed E-state index contributed by atoms with van der Waals surface area (Å²) in [6.07, 6.45) is 0. The fraction of sp³-hybridized carbons (Fsp3) is 0.158. The minimum Gasteiger partial charge on any atom is -0.351 e. The molecule has 1 atom stereocenters. The van der Waals surface area contributed by atoms with Crippen molar-refractivity contribution in [3.8, 4) is 0 Å². The molecule has 0 aliphatic carbocycles. The van der Waals surface area contributed by atoms with Crippen molar-refractivity contribution in [1.82, 2.24) is 10.6 Å². The van der Waals surface area contributed by atoms with Gasteiger partial charge < -0.3 is 16.0 Å². The predicted octanol–water partition coefficient (Wildman–Crippen LogP) is 4.08. The molecule has 3 rings (SSSR count). The van der Waals surface area contributed by atoms with Crippen LogP contribution >= 0.6 is 23.8 Å². The predicted molar refractivity (Wildman–Crippen MR) is 106 cm³/mol. The van der Waals surface area contributed by atoms with Gasteiger partial charge in [0.05, 0.1) is 11.6 Å². The highest BCUT2D eigenvalue weighted by molar-refractivity contribution is 7.80. The molecule has 0 saturated heterocycles. The van der Waals surface area contributed by atoms with Crippen molar-refractivity contribution in [3.63, 3.8) is 0 Å². The number of aryl methyl sites for hydroxylation is 1. The summed E-state index contributed by atoms with van der Waals surface area (Å²) in [4.78, 5) is 12.9. The first-order valence-electron chi connectivity index (χ1n) is 7.86. The number of amides is 1. The Labute approximate surface area is 157 Å². The Morgan fingerprint density at radius 2 is 1.80 bits per heavy atom. The summed E-state index contributed by atoms with van der Waals surface area (Å²) in [5, 5.41) is 10.3. The van der Waals surface area contributed by atoms with E-state index in [9.17, 15) is 4.79 Å². The second-order valence-electron chi connectivity index (χ2n) is 5.89. The molecule has 128 valence electrons. The van der Waals surface area contributed by atoms with Crippen LogP contribution in [0.2, 0.25) is 5.02 Å². The quantitative estimate of drug-likeness (QED) is 0.711. The first kappa shape index (κ1) is 17.5. The zero-order valence-corrected chi connectivity index (χ0v) is 15.5. The first-order valence-corrected chi connectivity index (χ1v) is 8.65. The normalized spacial score (nSPS) is 16.9. The van der Waals surface area contributed by atoms with Gasteiger partial charge in [0.15, 0.2) is 5.11 Å². The number of anilines is 1. The third-order valence-electron chi connectivity index (χ3n) is 4.12. The Balaban J connectivity index is 1.96. The van der Waals surface area contributed by atoms with Gasteiger partial charge in [-0.25, -0.2) is 0 Å². The van der Waals surface area contributed by atoms with E-state index in [1.54, 1.807) is 24.3 Å². The average molecular weight is 372 g/mol. The lowest BCUT2D eigenvalue weighted by atomic mass is 9.92. The Morgan fingerprint density at radius 1 is 1.12 bits per heavy atom. The lowest BCUT2D eigenvalue weighted by molar-refractivity contribution is -0.113. The van der Waals surface area contributed by atoms with Crippen molar-refractivity contribution in [3.05, 3.63) is 76.0 Å². The smallest absolute Gasteiger partial charge is 0.255 e. The lowest BCUT2D eigenvalue weighted by Gasteiger charge is -2.31. The highest BCUT2D eigenvalue weighted by Gasteiger charge is 2.30. The third kappa shape index (κ3) is 3.83. The number of hydrogen-bond donors (Lipinski definition) is 3. The summed E-state index contributed by atoms with van der Waals surface area (Å²) < 4.78 is 0. The van der Waals surface area contributed by atoms with Crippen LogP contribution in [0.15, 0.2) is 59.8 Å². The molecule has 25 heavy (non-hydrogen) atoms. The number of carbonyl (C=O) groups excluding carboxylic acids is 1. The molecule has 1 aliphatic heterocycles. The summed E-state index contributed by atoms with van der Waals surface area (Å²) >= 11 is 11.2. The molecule has 4 nitrogen and oxygen atoms in total. The number of allylic oxidation sites excluding steroid dienone is 1. The molecule has 0 bridgehead atoms. The molecule has 2 aromatic rings. The van der Waals surface area contributed by atoms with Gasteiger partial charge in [0.1, 0.15) is 0 Å². The Kier molecular flexibility index (Phi) is 5.06. The van der Waals surface area contributed by atoms with Crippen LogP contribution in [0.5, 0.6) is 0 Å². The van der Waals surface area contributed by atoms with Gasteiger partial charge in [-0.2, -0.15) is 0 Å². The molecule has 1 heterocycles. The largest absolute Gasteiger partial charge is 0.351 e. The number of halogens is 1. The van der Waals surface area contributed by atoms with Crippen LogP contribution < -0.4 is 16.0 Å². The molecule has 0 spiro atoms. The van der Waals surface area contributed by atoms with Crippen molar-refractivity contribution in [2.45, 2.75) is 19.9 Å². The van der Waals surface area contributed by atoms with Crippen LogP contribution in [0.3, 0.4) is 0 Å². The van der Waals surface area contributed by atoms with E-state index in [4.69, 9.17) is 23.8 Å². The standard InChI is InChI=1S/C19H18ClN3OS/c1-11-5-3-4-6-15(11)17-16(12(2)21-19(25)23-17)18(24)22-14-9-7-13(20)8-10-14/h3-10,17H,1-2H3,(H,22,24)(H2,21,23,25)/t17-/m1/s1. The fourth-order valence-electron chi connectivity index (χ4n) is 2.87. The van der Waals surface area contributed by atoms with E-state index in [1.165, 1.54) is 0 Å². The molecule has 3 N–H and O–H groups in total. The van der Waals surface area contributed by atoms with E-state index in [-0.39, 0.29) is 11.9 Å². The molecule has 1 aliphatic rings. The number of nitrogens with one attached hydrogen (secondary N) is 3. The molecule has 0 saturated carbocycles. The molecule has 1 amide bonds. The van der Waals surface area contributed by atoms with E-state index >= 15 is 0 Å². The second kappa shape index (κ2) is 7.25. The molecule has 0 aromatic heterocycles. The fourth-order valence-corrected chi connectivity index (χ4v) is 3.27. The highest BCUT2D eigenvalue weighted by atomic mass is 35.5. The summed E-state index contributed by atoms with van der Waals surface area (Å²) in [6, 6.07) is 14.7. The Morgan fingerprint density at radius 3 is 2.48 bits per heavy atom. The van der Waals surface area contributed by atoms with Crippen molar-refractivity contribution in [2.75, 3.05) is 5.32 Å². The van der Waals surface area contributed by atoms with Crippen LogP contribution in [0, 0.1) is 6.92 Å². The van der Waals surface area contributed by atoms with Gasteiger partial charge in [-0.05, 0) is 61.5 Å². The maximum absolute atomic E-state index is 12.9. The van der Waals surface area contributed by atoms with E-state index in [1.807, 2.05) is 38.1 Å². The first-order chi connectivity index (χ1) is 12.0.